The summed E-state index contributed by atoms with van der Waals surface area (Å²) in [6.07, 6.45) is 5.52. The van der Waals surface area contributed by atoms with E-state index in [2.05, 4.69) is 29.3 Å². The lowest BCUT2D eigenvalue weighted by molar-refractivity contribution is -0.123. The zero-order valence-electron chi connectivity index (χ0n) is 13.8. The van der Waals surface area contributed by atoms with E-state index in [-0.39, 0.29) is 5.91 Å². The number of benzene rings is 1. The van der Waals surface area contributed by atoms with E-state index >= 15 is 0 Å². The monoisotopic (exact) mass is 300 g/mol. The molecule has 2 fully saturated rings. The molecule has 0 aliphatic heterocycles. The summed E-state index contributed by atoms with van der Waals surface area (Å²) >= 11 is 0. The van der Waals surface area contributed by atoms with Crippen LogP contribution in [0.5, 0.6) is 0 Å². The molecule has 0 saturated heterocycles. The SMILES string of the molecule is CC(NC(=O)CN(C)Cc1ccccc1)C1CC2CCC1C2. The third kappa shape index (κ3) is 3.70. The second kappa shape index (κ2) is 6.82. The van der Waals surface area contributed by atoms with Gasteiger partial charge in [0.2, 0.25) is 5.91 Å². The van der Waals surface area contributed by atoms with Gasteiger partial charge in [-0.1, -0.05) is 36.8 Å². The maximum atomic E-state index is 12.3. The van der Waals surface area contributed by atoms with Crippen molar-refractivity contribution in [3.05, 3.63) is 35.9 Å². The molecule has 4 unspecified atom stereocenters. The van der Waals surface area contributed by atoms with Crippen molar-refractivity contribution in [1.29, 1.82) is 0 Å². The molecule has 3 heteroatoms. The molecule has 1 N–H and O–H groups in total. The molecule has 0 radical (unpaired) electrons. The van der Waals surface area contributed by atoms with E-state index in [1.54, 1.807) is 0 Å². The van der Waals surface area contributed by atoms with Crippen LogP contribution in [-0.2, 0) is 11.3 Å². The van der Waals surface area contributed by atoms with Gasteiger partial charge in [-0.2, -0.15) is 0 Å². The van der Waals surface area contributed by atoms with Crippen molar-refractivity contribution in [1.82, 2.24) is 10.2 Å². The minimum absolute atomic E-state index is 0.161. The molecule has 1 aromatic rings. The highest BCUT2D eigenvalue weighted by Gasteiger charge is 2.42. The van der Waals surface area contributed by atoms with E-state index in [0.29, 0.717) is 18.5 Å². The Hall–Kier alpha value is -1.35. The number of hydrogen-bond donors (Lipinski definition) is 1. The topological polar surface area (TPSA) is 32.3 Å². The number of carbonyl (C=O) groups excluding carboxylic acids is 1. The summed E-state index contributed by atoms with van der Waals surface area (Å²) in [5.41, 5.74) is 1.25. The molecule has 22 heavy (non-hydrogen) atoms. The highest BCUT2D eigenvalue weighted by molar-refractivity contribution is 5.78. The lowest BCUT2D eigenvalue weighted by Crippen LogP contribution is -2.44. The summed E-state index contributed by atoms with van der Waals surface area (Å²) in [5, 5.41) is 3.24. The zero-order chi connectivity index (χ0) is 15.5. The van der Waals surface area contributed by atoms with Gasteiger partial charge in [0.05, 0.1) is 6.54 Å². The van der Waals surface area contributed by atoms with E-state index in [4.69, 9.17) is 0 Å². The Morgan fingerprint density at radius 1 is 1.27 bits per heavy atom. The van der Waals surface area contributed by atoms with Crippen LogP contribution in [0.4, 0.5) is 0 Å². The summed E-state index contributed by atoms with van der Waals surface area (Å²) in [5.74, 6) is 2.67. The maximum absolute atomic E-state index is 12.3. The molecule has 0 heterocycles. The average molecular weight is 300 g/mol. The lowest BCUT2D eigenvalue weighted by atomic mass is 9.84. The molecule has 0 aromatic heterocycles. The Morgan fingerprint density at radius 2 is 2.05 bits per heavy atom. The minimum Gasteiger partial charge on any atom is -0.352 e. The van der Waals surface area contributed by atoms with Crippen LogP contribution in [0.25, 0.3) is 0 Å². The van der Waals surface area contributed by atoms with Crippen LogP contribution in [0.3, 0.4) is 0 Å². The van der Waals surface area contributed by atoms with Crippen molar-refractivity contribution in [2.24, 2.45) is 17.8 Å². The number of hydrogen-bond acceptors (Lipinski definition) is 2. The molecule has 120 valence electrons. The number of carbonyl (C=O) groups is 1. The van der Waals surface area contributed by atoms with Gasteiger partial charge in [0.15, 0.2) is 0 Å². The van der Waals surface area contributed by atoms with E-state index < -0.39 is 0 Å². The lowest BCUT2D eigenvalue weighted by Gasteiger charge is -2.29. The number of nitrogens with one attached hydrogen (secondary N) is 1. The molecule has 1 amide bonds. The van der Waals surface area contributed by atoms with Gasteiger partial charge in [-0.3, -0.25) is 9.69 Å². The van der Waals surface area contributed by atoms with Gasteiger partial charge < -0.3 is 5.32 Å². The van der Waals surface area contributed by atoms with Crippen molar-refractivity contribution < 1.29 is 4.79 Å². The quantitative estimate of drug-likeness (QED) is 0.876. The first-order valence-electron chi connectivity index (χ1n) is 8.63. The number of likely N-dealkylation sites (N-methyl/N-ethyl adjacent to an activating group) is 1. The molecule has 2 bridgehead atoms. The molecule has 3 rings (SSSR count). The van der Waals surface area contributed by atoms with Crippen molar-refractivity contribution >= 4 is 5.91 Å². The Kier molecular flexibility index (Phi) is 4.82. The van der Waals surface area contributed by atoms with Gasteiger partial charge in [0, 0.05) is 12.6 Å². The molecule has 2 aliphatic carbocycles. The number of fused-ring (bicyclic) bond motifs is 2. The first-order chi connectivity index (χ1) is 10.6. The fourth-order valence-corrected chi connectivity index (χ4v) is 4.51. The van der Waals surface area contributed by atoms with Gasteiger partial charge in [0.1, 0.15) is 0 Å². The summed E-state index contributed by atoms with van der Waals surface area (Å²) in [6.45, 7) is 3.48. The first-order valence-corrected chi connectivity index (χ1v) is 8.63. The smallest absolute Gasteiger partial charge is 0.234 e. The van der Waals surface area contributed by atoms with Crippen LogP contribution in [-0.4, -0.2) is 30.4 Å². The normalized spacial score (nSPS) is 28.0. The van der Waals surface area contributed by atoms with Gasteiger partial charge in [-0.05, 0) is 56.6 Å². The minimum atomic E-state index is 0.161. The number of amides is 1. The molecule has 0 spiro atoms. The molecule has 2 aliphatic rings. The average Bonchev–Trinajstić information content (AvgIpc) is 3.10. The highest BCUT2D eigenvalue weighted by Crippen LogP contribution is 2.49. The van der Waals surface area contributed by atoms with Crippen LogP contribution >= 0.6 is 0 Å². The standard InChI is InChI=1S/C19H28N2O/c1-14(18-11-16-8-9-17(18)10-16)20-19(22)13-21(2)12-15-6-4-3-5-7-15/h3-7,14,16-18H,8-13H2,1-2H3,(H,20,22). The summed E-state index contributed by atoms with van der Waals surface area (Å²) in [6, 6.07) is 10.6. The van der Waals surface area contributed by atoms with Gasteiger partial charge >= 0.3 is 0 Å². The maximum Gasteiger partial charge on any atom is 0.234 e. The third-order valence-corrected chi connectivity index (χ3v) is 5.53. The summed E-state index contributed by atoms with van der Waals surface area (Å²) < 4.78 is 0. The molecular weight excluding hydrogens is 272 g/mol. The fraction of sp³-hybridized carbons (Fsp3) is 0.632. The van der Waals surface area contributed by atoms with Crippen molar-refractivity contribution in [2.75, 3.05) is 13.6 Å². The third-order valence-electron chi connectivity index (χ3n) is 5.53. The highest BCUT2D eigenvalue weighted by atomic mass is 16.2. The number of rotatable bonds is 6. The largest absolute Gasteiger partial charge is 0.352 e. The van der Waals surface area contributed by atoms with E-state index in [1.165, 1.54) is 31.2 Å². The Balaban J connectivity index is 1.44. The van der Waals surface area contributed by atoms with E-state index in [1.807, 2.05) is 25.2 Å². The van der Waals surface area contributed by atoms with Gasteiger partial charge in [-0.25, -0.2) is 0 Å². The van der Waals surface area contributed by atoms with Crippen LogP contribution < -0.4 is 5.32 Å². The van der Waals surface area contributed by atoms with E-state index in [0.717, 1.165) is 18.4 Å². The zero-order valence-corrected chi connectivity index (χ0v) is 13.8. The first kappa shape index (κ1) is 15.5. The molecule has 2 saturated carbocycles. The van der Waals surface area contributed by atoms with Gasteiger partial charge in [-0.15, -0.1) is 0 Å². The molecule has 3 nitrogen and oxygen atoms in total. The fourth-order valence-electron chi connectivity index (χ4n) is 4.51. The van der Waals surface area contributed by atoms with Crippen molar-refractivity contribution in [3.8, 4) is 0 Å². The second-order valence-electron chi connectivity index (χ2n) is 7.35. The van der Waals surface area contributed by atoms with Gasteiger partial charge in [0.25, 0.3) is 0 Å². The number of nitrogens with zero attached hydrogens (tertiary/aromatic N) is 1. The second-order valence-corrected chi connectivity index (χ2v) is 7.35. The Labute approximate surface area is 134 Å². The van der Waals surface area contributed by atoms with Crippen LogP contribution in [0.2, 0.25) is 0 Å². The molecular formula is C19H28N2O. The van der Waals surface area contributed by atoms with Crippen LogP contribution in [0, 0.1) is 17.8 Å². The van der Waals surface area contributed by atoms with Crippen LogP contribution in [0.15, 0.2) is 30.3 Å². The summed E-state index contributed by atoms with van der Waals surface area (Å²) in [4.78, 5) is 14.3. The predicted octanol–water partition coefficient (Wildman–Crippen LogP) is 3.06. The molecule has 1 aromatic carbocycles. The predicted molar refractivity (Wildman–Crippen MR) is 89.3 cm³/mol. The Bertz CT molecular complexity index is 501. The van der Waals surface area contributed by atoms with Crippen LogP contribution in [0.1, 0.15) is 38.2 Å². The molecule has 4 atom stereocenters. The summed E-state index contributed by atoms with van der Waals surface area (Å²) in [7, 11) is 2.01. The van der Waals surface area contributed by atoms with E-state index in [9.17, 15) is 4.79 Å². The van der Waals surface area contributed by atoms with Crippen molar-refractivity contribution in [2.45, 2.75) is 45.2 Å². The van der Waals surface area contributed by atoms with Crippen molar-refractivity contribution in [3.63, 3.8) is 0 Å². The Morgan fingerprint density at radius 3 is 2.68 bits per heavy atom.